The van der Waals surface area contributed by atoms with Crippen molar-refractivity contribution in [1.82, 2.24) is 25.8 Å². The Hall–Kier alpha value is -10.7. The first-order valence-electron chi connectivity index (χ1n) is 40.9. The number of Topliss-reactive ketones (excluding diaryl/α,β-unsaturated/α-hetero) is 1. The Kier molecular flexibility index (Phi) is 40.3. The second-order valence-electron chi connectivity index (χ2n) is 32.8. The predicted molar refractivity (Wildman–Crippen MR) is 510 cm³/mol. The molecule has 3 radical (unpaired) electrons. The average molecular weight is 1860 g/mol. The Labute approximate surface area is 791 Å². The van der Waals surface area contributed by atoms with Crippen LogP contribution in [0.2, 0.25) is 0 Å². The molecule has 5 aliphatic heterocycles. The largest absolute Gasteiger partial charge is 1.00 e. The van der Waals surface area contributed by atoms with Crippen molar-refractivity contribution in [2.24, 2.45) is 0 Å². The van der Waals surface area contributed by atoms with Gasteiger partial charge in [-0.15, -0.1) is 24.0 Å². The SMILES string of the molecule is C.C.CNC(=O)CC1C(=O)c2cccc(C)c2Oc2ccccc21.CNC(=O)CC1c2ccccc2Oc2c(C)cccc2C1O.CNCCC1c2ccccc2Oc2c(C)cccc2C1O.Cc1cccc2c1Oc1ccccc1C(CC(=O)N(C)C(=O)OC(C)(C)C)C2O.Cc1cccc2c1Oc1ccccc1C(CCN(C)C(=O)OC(C)(C)C)=C2.F.I.[B].[H-].[HH].[Na+]. The Morgan fingerprint density at radius 2 is 0.787 bits per heavy atom. The van der Waals surface area contributed by atoms with Crippen LogP contribution < -0.4 is 69.2 Å². The van der Waals surface area contributed by atoms with Gasteiger partial charge in [-0.2, -0.15) is 0 Å². The van der Waals surface area contributed by atoms with Gasteiger partial charge in [-0.25, -0.2) is 9.59 Å². The summed E-state index contributed by atoms with van der Waals surface area (Å²) in [7, 11) is 8.27. The van der Waals surface area contributed by atoms with Crippen LogP contribution in [0.25, 0.3) is 11.6 Å². The minimum absolute atomic E-state index is 0. The summed E-state index contributed by atoms with van der Waals surface area (Å²) in [6.45, 7) is 22.1. The molecular weight excluding hydrogens is 1730 g/mol. The van der Waals surface area contributed by atoms with Crippen LogP contribution in [0.15, 0.2) is 212 Å². The van der Waals surface area contributed by atoms with Gasteiger partial charge in [0.1, 0.15) is 68.7 Å². The summed E-state index contributed by atoms with van der Waals surface area (Å²) in [6.07, 6.45) is 0.701. The molecule has 671 valence electrons. The molecule has 0 aromatic heterocycles. The molecule has 0 fully saturated rings. The number of aliphatic hydroxyl groups excluding tert-OH is 3. The van der Waals surface area contributed by atoms with E-state index in [1.807, 2.05) is 231 Å². The van der Waals surface area contributed by atoms with Crippen LogP contribution in [0.1, 0.15) is 222 Å². The predicted octanol–water partition coefficient (Wildman–Crippen LogP) is 19.4. The molecule has 0 aliphatic carbocycles. The Balaban J connectivity index is 0.000000411. The van der Waals surface area contributed by atoms with E-state index in [4.69, 9.17) is 33.2 Å². The Morgan fingerprint density at radius 1 is 0.441 bits per heavy atom. The topological polar surface area (TPSA) is 270 Å². The summed E-state index contributed by atoms with van der Waals surface area (Å²) in [5.41, 5.74) is 13.2. The van der Waals surface area contributed by atoms with Gasteiger partial charge in [-0.1, -0.05) is 191 Å². The van der Waals surface area contributed by atoms with Crippen molar-refractivity contribution in [2.45, 2.75) is 176 Å². The van der Waals surface area contributed by atoms with E-state index in [0.29, 0.717) is 58.6 Å². The number of benzene rings is 10. The summed E-state index contributed by atoms with van der Waals surface area (Å²) in [6, 6.07) is 67.3. The first-order valence-corrected chi connectivity index (χ1v) is 40.9. The fraction of sp³-hybridized carbons (Fsp3) is 0.333. The molecule has 10 aromatic carbocycles. The molecule has 0 bridgehead atoms. The number of nitrogens with one attached hydrogen (secondary N) is 3. The quantitative estimate of drug-likeness (QED) is 0.0490. The number of amides is 5. The van der Waals surface area contributed by atoms with Crippen molar-refractivity contribution in [3.63, 3.8) is 0 Å². The van der Waals surface area contributed by atoms with Gasteiger partial charge in [-0.05, 0) is 178 Å². The van der Waals surface area contributed by atoms with E-state index < -0.39 is 53.4 Å². The molecule has 5 heterocycles. The number of ether oxygens (including phenoxy) is 7. The maximum absolute atomic E-state index is 12.9. The maximum atomic E-state index is 12.9. The van der Waals surface area contributed by atoms with Gasteiger partial charge in [0, 0.05) is 132 Å². The molecular formula is C102H124BFIN5NaO16. The number of hydrogen-bond acceptors (Lipinski definition) is 17. The number of imide groups is 1. The molecule has 0 saturated heterocycles. The summed E-state index contributed by atoms with van der Waals surface area (Å²) in [5, 5.41) is 41.3. The molecule has 0 spiro atoms. The standard InChI is InChI=1S/C23H27NO5.C23H27NO3.C18H19NO3.C18H17NO3.C18H21NO2.2CH4.B.FH.HI.Na.H2.H/c1-14-9-8-11-16-20(26)17(15-10-6-7-12-18(15)28-21(14)16)13-19(25)24(5)22(27)29-23(2,3)4;1-16-9-8-10-18-15-17(13-14-24(5)22(25)27-23(2,3)4)19-11-6-7-12-20(19)26-21(16)18;2*1-11-6-5-8-13-17(21)14(10-16(20)19-2)12-7-3-4-9-15(12)22-18(11)13;1-12-6-5-8-15-17(20)14(10-11-19-2)13-7-3-4-9-16(13)21-18(12)15;;;;;;;;/h6-12,17,20,26H,13H2,1-5H3;6-12,15H,13-14H2,1-5H3;3-9,14,17,21H,10H2,1-2H3,(H,19,20);3-9,14H,10H2,1-2H3,(H,19,20);3-9,14,17,19-20H,10-11H2,1-2H3;2*1H4;;2*1H;;1H;/q;;;;;;;;;;+1;;-1. The van der Waals surface area contributed by atoms with Crippen LogP contribution >= 0.6 is 24.0 Å². The molecule has 15 rings (SSSR count). The van der Waals surface area contributed by atoms with Gasteiger partial charge in [0.05, 0.1) is 29.8 Å². The third kappa shape index (κ3) is 26.3. The number of hydrogen-bond donors (Lipinski definition) is 6. The summed E-state index contributed by atoms with van der Waals surface area (Å²) >= 11 is 0. The van der Waals surface area contributed by atoms with Crippen molar-refractivity contribution in [3.05, 3.63) is 296 Å². The van der Waals surface area contributed by atoms with Gasteiger partial charge in [0.2, 0.25) is 17.7 Å². The maximum Gasteiger partial charge on any atom is 1.00 e. The Morgan fingerprint density at radius 3 is 1.25 bits per heavy atom. The van der Waals surface area contributed by atoms with Crippen molar-refractivity contribution >= 4 is 79.7 Å². The molecule has 10 aromatic rings. The van der Waals surface area contributed by atoms with E-state index in [9.17, 15) is 44.1 Å². The van der Waals surface area contributed by atoms with E-state index in [-0.39, 0.29) is 139 Å². The van der Waals surface area contributed by atoms with E-state index in [1.54, 1.807) is 58.9 Å². The number of halogens is 2. The average Bonchev–Trinajstić information content (AvgIpc) is 1.69. The molecule has 5 aliphatic rings. The van der Waals surface area contributed by atoms with Gasteiger partial charge < -0.3 is 70.8 Å². The first-order chi connectivity index (χ1) is 57.8. The normalized spacial score (nSPS) is 16.3. The fourth-order valence-electron chi connectivity index (χ4n) is 15.2. The number of aliphatic hydroxyl groups is 3. The summed E-state index contributed by atoms with van der Waals surface area (Å²) in [5.74, 6) is 5.01. The zero-order valence-electron chi connectivity index (χ0n) is 75.2. The molecule has 21 nitrogen and oxygen atoms in total. The molecule has 7 unspecified atom stereocenters. The molecule has 5 amide bonds. The van der Waals surface area contributed by atoms with Gasteiger partial charge in [0.15, 0.2) is 5.78 Å². The van der Waals surface area contributed by atoms with Gasteiger partial charge in [-0.3, -0.25) is 28.8 Å². The molecule has 6 N–H and O–H groups in total. The second-order valence-corrected chi connectivity index (χ2v) is 32.8. The number of aryl methyl sites for hydroxylation is 5. The zero-order valence-corrected chi connectivity index (χ0v) is 78.5. The number of carbonyl (C=O) groups is 6. The van der Waals surface area contributed by atoms with E-state index in [1.165, 1.54) is 7.05 Å². The number of ketones is 1. The number of fused-ring (bicyclic) bond motifs is 10. The second kappa shape index (κ2) is 47.9. The fourth-order valence-corrected chi connectivity index (χ4v) is 15.2. The molecule has 25 heteroatoms. The van der Waals surface area contributed by atoms with Crippen molar-refractivity contribution < 1.29 is 114 Å². The number of para-hydroxylation sites is 10. The summed E-state index contributed by atoms with van der Waals surface area (Å²) in [4.78, 5) is 76.6. The van der Waals surface area contributed by atoms with Crippen LogP contribution in [-0.4, -0.2) is 129 Å². The number of carbonyl (C=O) groups excluding carboxylic acids is 6. The van der Waals surface area contributed by atoms with E-state index in [2.05, 4.69) is 53.2 Å². The monoisotopic (exact) mass is 1850 g/mol. The van der Waals surface area contributed by atoms with Crippen LogP contribution in [0.4, 0.5) is 14.3 Å². The molecule has 7 atom stereocenters. The van der Waals surface area contributed by atoms with Gasteiger partial charge >= 0.3 is 41.7 Å². The smallest absolute Gasteiger partial charge is 1.00 e. The minimum Gasteiger partial charge on any atom is -1.00 e. The third-order valence-electron chi connectivity index (χ3n) is 21.7. The van der Waals surface area contributed by atoms with E-state index in [0.717, 1.165) is 119 Å². The minimum atomic E-state index is -0.954. The third-order valence-corrected chi connectivity index (χ3v) is 21.7. The Bertz CT molecular complexity index is 5500. The number of rotatable bonds is 12. The van der Waals surface area contributed by atoms with Crippen LogP contribution in [0, 0.1) is 34.6 Å². The molecule has 127 heavy (non-hydrogen) atoms. The molecule has 0 saturated carbocycles. The van der Waals surface area contributed by atoms with Crippen molar-refractivity contribution in [1.29, 1.82) is 0 Å². The van der Waals surface area contributed by atoms with E-state index >= 15 is 0 Å². The summed E-state index contributed by atoms with van der Waals surface area (Å²) < 4.78 is 41.3. The zero-order chi connectivity index (χ0) is 87.1. The first kappa shape index (κ1) is 107. The van der Waals surface area contributed by atoms with Crippen LogP contribution in [0.5, 0.6) is 57.5 Å². The van der Waals surface area contributed by atoms with Crippen LogP contribution in [0.3, 0.4) is 0 Å². The van der Waals surface area contributed by atoms with Crippen molar-refractivity contribution in [3.8, 4) is 57.5 Å². The van der Waals surface area contributed by atoms with Gasteiger partial charge in [0.25, 0.3) is 0 Å². The van der Waals surface area contributed by atoms with Crippen molar-refractivity contribution in [2.75, 3.05) is 48.3 Å². The number of nitrogens with zero attached hydrogens (tertiary/aromatic N) is 2. The van der Waals surface area contributed by atoms with Crippen LogP contribution in [-0.2, 0) is 23.9 Å².